The standard InChI is InChI=1S/C23H23Cl2F2N3O2/c1-13-14-4-3-5-17(23(32,11-26)12-27)15(14)8-9-30(13)20(31)10-16-18(24)6-7-19-21(16)22(25)28-29(19)2/h3-7,13,32H,8-12H2,1-2H3/t13-/m0/s1. The largest absolute Gasteiger partial charge is 0.380 e. The molecular formula is C23H23Cl2F2N3O2. The molecule has 2 heterocycles. The SMILES string of the molecule is C[C@H]1c2cccc(C(O)(CF)CF)c2CCN1C(=O)Cc1c(Cl)ccc2c1c(Cl)nn2C. The number of hydrogen-bond donors (Lipinski definition) is 1. The van der Waals surface area contributed by atoms with Crippen molar-refractivity contribution in [2.75, 3.05) is 19.9 Å². The van der Waals surface area contributed by atoms with Crippen molar-refractivity contribution >= 4 is 40.0 Å². The van der Waals surface area contributed by atoms with E-state index in [0.717, 1.165) is 11.1 Å². The number of halogens is 4. The van der Waals surface area contributed by atoms with E-state index in [-0.39, 0.29) is 29.1 Å². The van der Waals surface area contributed by atoms with E-state index in [1.165, 1.54) is 0 Å². The Morgan fingerprint density at radius 3 is 2.66 bits per heavy atom. The number of aromatic nitrogens is 2. The molecule has 0 radical (unpaired) electrons. The average Bonchev–Trinajstić information content (AvgIpc) is 3.08. The quantitative estimate of drug-likeness (QED) is 0.574. The lowest BCUT2D eigenvalue weighted by Gasteiger charge is -2.38. The fourth-order valence-electron chi connectivity index (χ4n) is 4.60. The topological polar surface area (TPSA) is 58.4 Å². The van der Waals surface area contributed by atoms with E-state index >= 15 is 0 Å². The van der Waals surface area contributed by atoms with Crippen LogP contribution >= 0.6 is 23.2 Å². The molecule has 2 aromatic carbocycles. The number of carbonyl (C=O) groups is 1. The zero-order valence-electron chi connectivity index (χ0n) is 17.7. The summed E-state index contributed by atoms with van der Waals surface area (Å²) in [6, 6.07) is 8.22. The third-order valence-electron chi connectivity index (χ3n) is 6.35. The lowest BCUT2D eigenvalue weighted by Crippen LogP contribution is -2.41. The molecule has 1 aromatic heterocycles. The van der Waals surface area contributed by atoms with Crippen LogP contribution in [0.15, 0.2) is 30.3 Å². The summed E-state index contributed by atoms with van der Waals surface area (Å²) in [4.78, 5) is 15.0. The number of alkyl halides is 2. The summed E-state index contributed by atoms with van der Waals surface area (Å²) >= 11 is 12.7. The van der Waals surface area contributed by atoms with Crippen molar-refractivity contribution < 1.29 is 18.7 Å². The number of carbonyl (C=O) groups excluding carboxylic acids is 1. The highest BCUT2D eigenvalue weighted by Crippen LogP contribution is 2.37. The van der Waals surface area contributed by atoms with Crippen LogP contribution in [0, 0.1) is 0 Å². The van der Waals surface area contributed by atoms with Crippen LogP contribution in [-0.4, -0.2) is 45.6 Å². The minimum Gasteiger partial charge on any atom is -0.380 e. The van der Waals surface area contributed by atoms with Gasteiger partial charge in [0.25, 0.3) is 0 Å². The smallest absolute Gasteiger partial charge is 0.227 e. The fraction of sp³-hybridized carbons (Fsp3) is 0.391. The molecule has 1 aliphatic heterocycles. The Labute approximate surface area is 194 Å². The molecule has 0 saturated carbocycles. The van der Waals surface area contributed by atoms with Gasteiger partial charge in [-0.15, -0.1) is 0 Å². The van der Waals surface area contributed by atoms with E-state index in [4.69, 9.17) is 23.2 Å². The number of fused-ring (bicyclic) bond motifs is 2. The van der Waals surface area contributed by atoms with E-state index < -0.39 is 19.0 Å². The molecule has 4 rings (SSSR count). The molecule has 3 aromatic rings. The Bertz CT molecular complexity index is 1190. The van der Waals surface area contributed by atoms with Gasteiger partial charge in [-0.25, -0.2) is 8.78 Å². The van der Waals surface area contributed by atoms with Gasteiger partial charge in [-0.05, 0) is 47.7 Å². The zero-order chi connectivity index (χ0) is 23.2. The van der Waals surface area contributed by atoms with E-state index in [9.17, 15) is 18.7 Å². The Balaban J connectivity index is 1.67. The van der Waals surface area contributed by atoms with Crippen LogP contribution in [0.4, 0.5) is 8.78 Å². The van der Waals surface area contributed by atoms with E-state index in [1.807, 2.05) is 19.1 Å². The van der Waals surface area contributed by atoms with Crippen LogP contribution in [0.1, 0.15) is 35.2 Å². The molecule has 0 bridgehead atoms. The normalized spacial score (nSPS) is 16.5. The third kappa shape index (κ3) is 3.66. The highest BCUT2D eigenvalue weighted by Gasteiger charge is 2.36. The van der Waals surface area contributed by atoms with Gasteiger partial charge in [0.1, 0.15) is 19.0 Å². The molecule has 5 nitrogen and oxygen atoms in total. The Kier molecular flexibility index (Phi) is 6.18. The number of aryl methyl sites for hydroxylation is 1. The fourth-order valence-corrected chi connectivity index (χ4v) is 5.14. The van der Waals surface area contributed by atoms with Gasteiger partial charge >= 0.3 is 0 Å². The molecule has 170 valence electrons. The zero-order valence-corrected chi connectivity index (χ0v) is 19.2. The van der Waals surface area contributed by atoms with Crippen molar-refractivity contribution in [1.82, 2.24) is 14.7 Å². The molecular weight excluding hydrogens is 459 g/mol. The number of nitrogens with zero attached hydrogens (tertiary/aromatic N) is 3. The number of benzene rings is 2. The predicted molar refractivity (Wildman–Crippen MR) is 121 cm³/mol. The molecule has 1 aliphatic rings. The molecule has 0 spiro atoms. The summed E-state index contributed by atoms with van der Waals surface area (Å²) in [7, 11) is 1.77. The molecule has 32 heavy (non-hydrogen) atoms. The second-order valence-corrected chi connectivity index (χ2v) is 8.96. The maximum Gasteiger partial charge on any atom is 0.227 e. The molecule has 0 aliphatic carbocycles. The average molecular weight is 482 g/mol. The first-order valence-corrected chi connectivity index (χ1v) is 11.0. The molecule has 9 heteroatoms. The Hall–Kier alpha value is -2.22. The summed E-state index contributed by atoms with van der Waals surface area (Å²) in [5.74, 6) is -0.144. The highest BCUT2D eigenvalue weighted by molar-refractivity contribution is 6.37. The monoisotopic (exact) mass is 481 g/mol. The van der Waals surface area contributed by atoms with Gasteiger partial charge in [0.15, 0.2) is 5.15 Å². The molecule has 0 fully saturated rings. The van der Waals surface area contributed by atoms with Gasteiger partial charge in [-0.1, -0.05) is 41.4 Å². The van der Waals surface area contributed by atoms with Gasteiger partial charge in [0.05, 0.1) is 18.0 Å². The first kappa shape index (κ1) is 23.0. The van der Waals surface area contributed by atoms with Crippen molar-refractivity contribution in [3.05, 3.63) is 62.8 Å². The lowest BCUT2D eigenvalue weighted by molar-refractivity contribution is -0.133. The molecule has 0 saturated heterocycles. The highest BCUT2D eigenvalue weighted by atomic mass is 35.5. The number of hydrogen-bond acceptors (Lipinski definition) is 3. The summed E-state index contributed by atoms with van der Waals surface area (Å²) in [5, 5.41) is 16.0. The number of rotatable bonds is 5. The van der Waals surface area contributed by atoms with Crippen LogP contribution < -0.4 is 0 Å². The van der Waals surface area contributed by atoms with Crippen LogP contribution in [0.3, 0.4) is 0 Å². The van der Waals surface area contributed by atoms with Crippen molar-refractivity contribution in [3.63, 3.8) is 0 Å². The number of amides is 1. The Morgan fingerprint density at radius 2 is 1.97 bits per heavy atom. The van der Waals surface area contributed by atoms with Crippen LogP contribution in [-0.2, 0) is 30.3 Å². The first-order valence-electron chi connectivity index (χ1n) is 10.3. The second kappa shape index (κ2) is 8.61. The molecule has 1 amide bonds. The summed E-state index contributed by atoms with van der Waals surface area (Å²) < 4.78 is 28.6. The second-order valence-electron chi connectivity index (χ2n) is 8.20. The molecule has 1 atom stereocenters. The van der Waals surface area contributed by atoms with Crippen LogP contribution in [0.25, 0.3) is 10.9 Å². The first-order chi connectivity index (χ1) is 15.2. The van der Waals surface area contributed by atoms with Gasteiger partial charge in [-0.3, -0.25) is 9.48 Å². The summed E-state index contributed by atoms with van der Waals surface area (Å²) in [5.41, 5.74) is 0.929. The minimum atomic E-state index is -2.17. The predicted octanol–water partition coefficient (Wildman–Crippen LogP) is 4.70. The van der Waals surface area contributed by atoms with E-state index in [2.05, 4.69) is 5.10 Å². The van der Waals surface area contributed by atoms with Crippen LogP contribution in [0.2, 0.25) is 10.2 Å². The maximum atomic E-state index is 13.5. The summed E-state index contributed by atoms with van der Waals surface area (Å²) in [6.45, 7) is -0.216. The van der Waals surface area contributed by atoms with Crippen LogP contribution in [0.5, 0.6) is 0 Å². The lowest BCUT2D eigenvalue weighted by atomic mass is 9.83. The van der Waals surface area contributed by atoms with Gasteiger partial charge in [-0.2, -0.15) is 5.10 Å². The minimum absolute atomic E-state index is 0.0415. The molecule has 1 N–H and O–H groups in total. The van der Waals surface area contributed by atoms with Crippen molar-refractivity contribution in [2.45, 2.75) is 31.4 Å². The number of aliphatic hydroxyl groups is 1. The van der Waals surface area contributed by atoms with Crippen molar-refractivity contribution in [3.8, 4) is 0 Å². The third-order valence-corrected chi connectivity index (χ3v) is 6.97. The van der Waals surface area contributed by atoms with Crippen molar-refractivity contribution in [1.29, 1.82) is 0 Å². The van der Waals surface area contributed by atoms with Gasteiger partial charge in [0, 0.05) is 24.0 Å². The maximum absolute atomic E-state index is 13.5. The van der Waals surface area contributed by atoms with Crippen molar-refractivity contribution in [2.24, 2.45) is 7.05 Å². The summed E-state index contributed by atoms with van der Waals surface area (Å²) in [6.07, 6.45) is 0.426. The van der Waals surface area contributed by atoms with Gasteiger partial charge in [0.2, 0.25) is 5.91 Å². The Morgan fingerprint density at radius 1 is 1.25 bits per heavy atom. The van der Waals surface area contributed by atoms with E-state index in [1.54, 1.807) is 34.8 Å². The van der Waals surface area contributed by atoms with E-state index in [0.29, 0.717) is 34.5 Å². The van der Waals surface area contributed by atoms with Gasteiger partial charge < -0.3 is 10.0 Å². The molecule has 0 unspecified atom stereocenters.